The number of Topliss-reactive ketones (excluding diaryl/α,β-unsaturated/α-hetero) is 1. The zero-order chi connectivity index (χ0) is 23.9. The largest absolute Gasteiger partial charge is 0.325 e. The third-order valence-electron chi connectivity index (χ3n) is 8.59. The molecule has 4 atom stereocenters. The van der Waals surface area contributed by atoms with Crippen LogP contribution in [0.15, 0.2) is 72.8 Å². The summed E-state index contributed by atoms with van der Waals surface area (Å²) >= 11 is 0. The van der Waals surface area contributed by atoms with Gasteiger partial charge in [-0.25, -0.2) is 0 Å². The zero-order valence-electron chi connectivity index (χ0n) is 19.4. The van der Waals surface area contributed by atoms with Gasteiger partial charge in [0.05, 0.1) is 5.92 Å². The molecule has 4 aliphatic rings. The minimum absolute atomic E-state index is 0.0832. The molecule has 6 heteroatoms. The Labute approximate surface area is 203 Å². The van der Waals surface area contributed by atoms with Crippen molar-refractivity contribution in [3.8, 4) is 0 Å². The van der Waals surface area contributed by atoms with Gasteiger partial charge in [-0.15, -0.1) is 0 Å². The second-order valence-electron chi connectivity index (χ2n) is 10.1. The van der Waals surface area contributed by atoms with Gasteiger partial charge in [-0.3, -0.25) is 19.3 Å². The number of nitrogens with zero attached hydrogens (tertiary/aromatic N) is 1. The second kappa shape index (κ2) is 6.89. The zero-order valence-corrected chi connectivity index (χ0v) is 19.4. The van der Waals surface area contributed by atoms with Crippen LogP contribution < -0.4 is 10.6 Å². The van der Waals surface area contributed by atoms with Crippen molar-refractivity contribution in [3.05, 3.63) is 95.1 Å². The standard InChI is InChI=1S/C29H25N3O3/c1-17-13-14-22-20(16-17)29(27(35)31-22)28(19-10-5-6-11-21(19)30-26(28)34)24(23-12-7-15-32(23)29)25(33)18-8-3-2-4-9-18/h2-6,8-11,13-14,16,23-24H,7,12,15H2,1H3,(H,30,34)(H,31,35)/t23-,24-,28+,29+/m0/s1. The number of ketones is 1. The third kappa shape index (κ3) is 2.26. The molecule has 2 spiro atoms. The quantitative estimate of drug-likeness (QED) is 0.563. The maximum atomic E-state index is 14.4. The molecule has 6 nitrogen and oxygen atoms in total. The smallest absolute Gasteiger partial charge is 0.251 e. The maximum Gasteiger partial charge on any atom is 0.251 e. The Morgan fingerprint density at radius 1 is 0.886 bits per heavy atom. The molecule has 7 rings (SSSR count). The van der Waals surface area contributed by atoms with E-state index in [2.05, 4.69) is 15.5 Å². The second-order valence-corrected chi connectivity index (χ2v) is 10.1. The van der Waals surface area contributed by atoms with E-state index in [1.54, 1.807) is 0 Å². The molecule has 4 aliphatic heterocycles. The van der Waals surface area contributed by atoms with Crippen LogP contribution in [0.3, 0.4) is 0 Å². The van der Waals surface area contributed by atoms with Crippen LogP contribution in [-0.4, -0.2) is 35.1 Å². The molecule has 2 N–H and O–H groups in total. The number of aryl methyl sites for hydroxylation is 1. The number of fused-ring (bicyclic) bond motifs is 7. The lowest BCUT2D eigenvalue weighted by Crippen LogP contribution is -2.62. The predicted molar refractivity (Wildman–Crippen MR) is 132 cm³/mol. The molecule has 0 aromatic heterocycles. The van der Waals surface area contributed by atoms with Crippen molar-refractivity contribution in [2.24, 2.45) is 5.92 Å². The number of para-hydroxylation sites is 1. The molecular weight excluding hydrogens is 438 g/mol. The summed E-state index contributed by atoms with van der Waals surface area (Å²) in [5, 5.41) is 6.18. The van der Waals surface area contributed by atoms with Crippen molar-refractivity contribution < 1.29 is 14.4 Å². The van der Waals surface area contributed by atoms with E-state index >= 15 is 0 Å². The first-order valence-electron chi connectivity index (χ1n) is 12.2. The van der Waals surface area contributed by atoms with Gasteiger partial charge in [0.1, 0.15) is 11.0 Å². The molecule has 3 aromatic rings. The van der Waals surface area contributed by atoms with Gasteiger partial charge in [0.15, 0.2) is 5.78 Å². The Morgan fingerprint density at radius 3 is 2.43 bits per heavy atom. The minimum atomic E-state index is -1.38. The van der Waals surface area contributed by atoms with E-state index in [1.165, 1.54) is 0 Å². The van der Waals surface area contributed by atoms with Gasteiger partial charge in [0.25, 0.3) is 5.91 Å². The van der Waals surface area contributed by atoms with Gasteiger partial charge in [0, 0.05) is 28.5 Å². The van der Waals surface area contributed by atoms with Gasteiger partial charge in [-0.05, 0) is 44.0 Å². The topological polar surface area (TPSA) is 78.5 Å². The van der Waals surface area contributed by atoms with Gasteiger partial charge < -0.3 is 10.6 Å². The number of amides is 2. The first-order valence-corrected chi connectivity index (χ1v) is 12.2. The predicted octanol–water partition coefficient (Wildman–Crippen LogP) is 4.01. The molecule has 2 amide bonds. The average Bonchev–Trinajstić information content (AvgIpc) is 3.58. The number of anilines is 2. The summed E-state index contributed by atoms with van der Waals surface area (Å²) < 4.78 is 0. The highest BCUT2D eigenvalue weighted by Gasteiger charge is 2.81. The molecule has 4 heterocycles. The number of carbonyl (C=O) groups excluding carboxylic acids is 3. The van der Waals surface area contributed by atoms with Crippen LogP contribution in [0.5, 0.6) is 0 Å². The van der Waals surface area contributed by atoms with Gasteiger partial charge in [0.2, 0.25) is 5.91 Å². The summed E-state index contributed by atoms with van der Waals surface area (Å²) in [7, 11) is 0. The van der Waals surface area contributed by atoms with Crippen LogP contribution in [0.4, 0.5) is 11.4 Å². The van der Waals surface area contributed by atoms with Gasteiger partial charge >= 0.3 is 0 Å². The fraction of sp³-hybridized carbons (Fsp3) is 0.276. The Bertz CT molecular complexity index is 1430. The van der Waals surface area contributed by atoms with Crippen LogP contribution in [0.2, 0.25) is 0 Å². The van der Waals surface area contributed by atoms with E-state index in [1.807, 2.05) is 79.7 Å². The van der Waals surface area contributed by atoms with Crippen molar-refractivity contribution in [2.75, 3.05) is 17.2 Å². The molecule has 0 radical (unpaired) electrons. The summed E-state index contributed by atoms with van der Waals surface area (Å²) in [6.07, 6.45) is 1.63. The molecular formula is C29H25N3O3. The van der Waals surface area contributed by atoms with Crippen molar-refractivity contribution >= 4 is 29.0 Å². The first-order chi connectivity index (χ1) is 17.0. The van der Waals surface area contributed by atoms with E-state index in [9.17, 15) is 14.4 Å². The monoisotopic (exact) mass is 463 g/mol. The van der Waals surface area contributed by atoms with E-state index in [4.69, 9.17) is 0 Å². The number of benzene rings is 3. The maximum absolute atomic E-state index is 14.4. The fourth-order valence-electron chi connectivity index (χ4n) is 7.47. The fourth-order valence-corrected chi connectivity index (χ4v) is 7.47. The van der Waals surface area contributed by atoms with Crippen LogP contribution in [0, 0.1) is 12.8 Å². The summed E-state index contributed by atoms with van der Waals surface area (Å²) in [4.78, 5) is 45.2. The Balaban J connectivity index is 1.61. The number of nitrogens with one attached hydrogen (secondary N) is 2. The van der Waals surface area contributed by atoms with Crippen molar-refractivity contribution in [3.63, 3.8) is 0 Å². The van der Waals surface area contributed by atoms with Crippen molar-refractivity contribution in [1.82, 2.24) is 4.90 Å². The average molecular weight is 464 g/mol. The summed E-state index contributed by atoms with van der Waals surface area (Å²) in [6.45, 7) is 2.65. The highest BCUT2D eigenvalue weighted by Crippen LogP contribution is 2.67. The lowest BCUT2D eigenvalue weighted by Gasteiger charge is -2.43. The molecule has 0 unspecified atom stereocenters. The normalized spacial score (nSPS) is 30.3. The van der Waals surface area contributed by atoms with Crippen molar-refractivity contribution in [1.29, 1.82) is 0 Å². The van der Waals surface area contributed by atoms with E-state index in [-0.39, 0.29) is 23.6 Å². The highest BCUT2D eigenvalue weighted by atomic mass is 16.2. The van der Waals surface area contributed by atoms with Crippen LogP contribution >= 0.6 is 0 Å². The lowest BCUT2D eigenvalue weighted by molar-refractivity contribution is -0.137. The molecule has 0 aliphatic carbocycles. The Kier molecular flexibility index (Phi) is 4.05. The van der Waals surface area contributed by atoms with Crippen LogP contribution in [0.1, 0.15) is 39.9 Å². The van der Waals surface area contributed by atoms with Crippen molar-refractivity contribution in [2.45, 2.75) is 36.8 Å². The number of carbonyl (C=O) groups is 3. The molecule has 174 valence electrons. The van der Waals surface area contributed by atoms with Gasteiger partial charge in [-0.1, -0.05) is 66.2 Å². The molecule has 0 bridgehead atoms. The van der Waals surface area contributed by atoms with Crippen LogP contribution in [0.25, 0.3) is 0 Å². The first kappa shape index (κ1) is 20.6. The molecule has 2 saturated heterocycles. The lowest BCUT2D eigenvalue weighted by atomic mass is 9.57. The number of rotatable bonds is 2. The number of hydrogen-bond acceptors (Lipinski definition) is 4. The Morgan fingerprint density at radius 2 is 1.60 bits per heavy atom. The summed E-state index contributed by atoms with van der Waals surface area (Å²) in [5.74, 6) is -1.28. The van der Waals surface area contributed by atoms with Crippen LogP contribution in [-0.2, 0) is 20.5 Å². The summed E-state index contributed by atoms with van der Waals surface area (Å²) in [5.41, 5.74) is 1.82. The number of hydrogen-bond donors (Lipinski definition) is 2. The third-order valence-corrected chi connectivity index (χ3v) is 8.59. The minimum Gasteiger partial charge on any atom is -0.325 e. The highest BCUT2D eigenvalue weighted by molar-refractivity contribution is 6.21. The Hall–Kier alpha value is -3.77. The molecule has 2 fully saturated rings. The SMILES string of the molecule is Cc1ccc2c(c1)[C@]1(C(=O)N2)N2CCC[C@H]2[C@@H](C(=O)c2ccccc2)[C@]12C(=O)Nc1ccccc12. The summed E-state index contributed by atoms with van der Waals surface area (Å²) in [6, 6.07) is 22.4. The molecule has 35 heavy (non-hydrogen) atoms. The van der Waals surface area contributed by atoms with E-state index < -0.39 is 16.9 Å². The molecule has 0 saturated carbocycles. The van der Waals surface area contributed by atoms with Gasteiger partial charge in [-0.2, -0.15) is 0 Å². The molecule has 3 aromatic carbocycles. The van der Waals surface area contributed by atoms with E-state index in [0.717, 1.165) is 35.2 Å². The van der Waals surface area contributed by atoms with E-state index in [0.29, 0.717) is 17.8 Å².